The number of carbonyl (C=O) groups is 2. The number of hydrogen-bond acceptors (Lipinski definition) is 4. The molecule has 2 amide bonds. The number of carbonyl (C=O) groups excluding carboxylic acids is 2. The first kappa shape index (κ1) is 18.4. The van der Waals surface area contributed by atoms with Crippen molar-refractivity contribution in [3.05, 3.63) is 59.7 Å². The Morgan fingerprint density at radius 2 is 1.84 bits per heavy atom. The molecule has 0 aliphatic carbocycles. The molecule has 0 bridgehead atoms. The molecule has 25 heavy (non-hydrogen) atoms. The molecule has 2 aromatic rings. The third-order valence-corrected chi connectivity index (χ3v) is 3.59. The van der Waals surface area contributed by atoms with Gasteiger partial charge in [-0.15, -0.1) is 0 Å². The van der Waals surface area contributed by atoms with E-state index in [1.54, 1.807) is 50.6 Å². The van der Waals surface area contributed by atoms with E-state index in [-0.39, 0.29) is 23.3 Å². The number of amides is 2. The summed E-state index contributed by atoms with van der Waals surface area (Å²) in [4.78, 5) is 23.7. The molecule has 2 rings (SSSR count). The van der Waals surface area contributed by atoms with Crippen molar-refractivity contribution in [3.8, 4) is 5.75 Å². The van der Waals surface area contributed by atoms with Crippen molar-refractivity contribution in [2.45, 2.75) is 6.42 Å². The standard InChI is InChI=1S/C18H19N3O3S/c1-19-17(23)13-4-3-5-14(11-13)20-18(25)21-16(22)10-12-6-8-15(24-2)9-7-12/h3-9,11H,10H2,1-2H3,(H,19,23)(H2,20,21,22,25). The average Bonchev–Trinajstić information content (AvgIpc) is 2.61. The molecule has 0 saturated carbocycles. The first-order valence-corrected chi connectivity index (χ1v) is 7.98. The monoisotopic (exact) mass is 357 g/mol. The Morgan fingerprint density at radius 1 is 1.12 bits per heavy atom. The summed E-state index contributed by atoms with van der Waals surface area (Å²) in [5.74, 6) is 0.306. The van der Waals surface area contributed by atoms with Crippen molar-refractivity contribution >= 4 is 34.8 Å². The molecule has 0 unspecified atom stereocenters. The van der Waals surface area contributed by atoms with E-state index in [1.807, 2.05) is 12.1 Å². The van der Waals surface area contributed by atoms with Crippen LogP contribution in [0.5, 0.6) is 5.75 Å². The molecular weight excluding hydrogens is 338 g/mol. The fourth-order valence-corrected chi connectivity index (χ4v) is 2.38. The van der Waals surface area contributed by atoms with Gasteiger partial charge >= 0.3 is 0 Å². The minimum atomic E-state index is -0.231. The van der Waals surface area contributed by atoms with Crippen LogP contribution in [-0.4, -0.2) is 31.1 Å². The lowest BCUT2D eigenvalue weighted by atomic mass is 10.1. The van der Waals surface area contributed by atoms with Crippen molar-refractivity contribution < 1.29 is 14.3 Å². The lowest BCUT2D eigenvalue weighted by Crippen LogP contribution is -2.35. The largest absolute Gasteiger partial charge is 0.497 e. The maximum absolute atomic E-state index is 12.1. The van der Waals surface area contributed by atoms with Crippen LogP contribution in [0.2, 0.25) is 0 Å². The maximum atomic E-state index is 12.1. The highest BCUT2D eigenvalue weighted by Crippen LogP contribution is 2.12. The van der Waals surface area contributed by atoms with Crippen LogP contribution in [0.1, 0.15) is 15.9 Å². The average molecular weight is 357 g/mol. The molecule has 0 radical (unpaired) electrons. The van der Waals surface area contributed by atoms with Crippen molar-refractivity contribution in [2.24, 2.45) is 0 Å². The number of nitrogens with one attached hydrogen (secondary N) is 3. The van der Waals surface area contributed by atoms with Gasteiger partial charge in [-0.05, 0) is 48.1 Å². The molecule has 2 aromatic carbocycles. The number of anilines is 1. The summed E-state index contributed by atoms with van der Waals surface area (Å²) in [6.45, 7) is 0. The van der Waals surface area contributed by atoms with E-state index in [0.717, 1.165) is 11.3 Å². The molecule has 0 spiro atoms. The van der Waals surface area contributed by atoms with Crippen LogP contribution in [0.25, 0.3) is 0 Å². The molecule has 0 fully saturated rings. The predicted molar refractivity (Wildman–Crippen MR) is 101 cm³/mol. The third kappa shape index (κ3) is 5.58. The second kappa shape index (κ2) is 8.79. The third-order valence-electron chi connectivity index (χ3n) is 3.39. The fraction of sp³-hybridized carbons (Fsp3) is 0.167. The minimum absolute atomic E-state index is 0.174. The van der Waals surface area contributed by atoms with E-state index in [2.05, 4.69) is 16.0 Å². The van der Waals surface area contributed by atoms with Gasteiger partial charge in [0, 0.05) is 18.3 Å². The zero-order valence-corrected chi connectivity index (χ0v) is 14.8. The molecule has 6 nitrogen and oxygen atoms in total. The second-order valence-corrected chi connectivity index (χ2v) is 5.60. The Hall–Kier alpha value is -2.93. The number of methoxy groups -OCH3 is 1. The first-order valence-electron chi connectivity index (χ1n) is 7.57. The maximum Gasteiger partial charge on any atom is 0.251 e. The van der Waals surface area contributed by atoms with Crippen LogP contribution in [0.4, 0.5) is 5.69 Å². The van der Waals surface area contributed by atoms with Gasteiger partial charge in [0.15, 0.2) is 5.11 Å². The Balaban J connectivity index is 1.90. The molecule has 0 aromatic heterocycles. The van der Waals surface area contributed by atoms with E-state index < -0.39 is 0 Å². The summed E-state index contributed by atoms with van der Waals surface area (Å²) in [6, 6.07) is 14.1. The smallest absolute Gasteiger partial charge is 0.251 e. The number of thiocarbonyl (C=S) groups is 1. The topological polar surface area (TPSA) is 79.5 Å². The summed E-state index contributed by atoms with van der Waals surface area (Å²) in [5.41, 5.74) is 1.97. The van der Waals surface area contributed by atoms with Gasteiger partial charge in [-0.1, -0.05) is 18.2 Å². The fourth-order valence-electron chi connectivity index (χ4n) is 2.14. The predicted octanol–water partition coefficient (Wildman–Crippen LogP) is 2.11. The summed E-state index contributed by atoms with van der Waals surface area (Å²) in [5, 5.41) is 8.24. The molecule has 0 aliphatic rings. The van der Waals surface area contributed by atoms with Crippen molar-refractivity contribution in [2.75, 3.05) is 19.5 Å². The molecule has 130 valence electrons. The lowest BCUT2D eigenvalue weighted by Gasteiger charge is -2.11. The van der Waals surface area contributed by atoms with Crippen LogP contribution in [-0.2, 0) is 11.2 Å². The highest BCUT2D eigenvalue weighted by molar-refractivity contribution is 7.80. The van der Waals surface area contributed by atoms with Crippen LogP contribution < -0.4 is 20.7 Å². The van der Waals surface area contributed by atoms with Gasteiger partial charge in [-0.25, -0.2) is 0 Å². The van der Waals surface area contributed by atoms with Crippen molar-refractivity contribution in [1.29, 1.82) is 0 Å². The SMILES string of the molecule is CNC(=O)c1cccc(NC(=S)NC(=O)Cc2ccc(OC)cc2)c1. The van der Waals surface area contributed by atoms with E-state index in [9.17, 15) is 9.59 Å². The van der Waals surface area contributed by atoms with Gasteiger partial charge in [-0.2, -0.15) is 0 Å². The zero-order valence-electron chi connectivity index (χ0n) is 14.0. The number of hydrogen-bond donors (Lipinski definition) is 3. The van der Waals surface area contributed by atoms with E-state index in [4.69, 9.17) is 17.0 Å². The zero-order chi connectivity index (χ0) is 18.2. The minimum Gasteiger partial charge on any atom is -0.497 e. The number of ether oxygens (including phenoxy) is 1. The van der Waals surface area contributed by atoms with Gasteiger partial charge in [0.05, 0.1) is 13.5 Å². The Morgan fingerprint density at radius 3 is 2.48 bits per heavy atom. The van der Waals surface area contributed by atoms with Gasteiger partial charge in [0.1, 0.15) is 5.75 Å². The van der Waals surface area contributed by atoms with Gasteiger partial charge in [-0.3, -0.25) is 9.59 Å². The molecule has 0 saturated heterocycles. The van der Waals surface area contributed by atoms with Crippen LogP contribution in [0.15, 0.2) is 48.5 Å². The lowest BCUT2D eigenvalue weighted by molar-refractivity contribution is -0.119. The van der Waals surface area contributed by atoms with E-state index in [1.165, 1.54) is 0 Å². The second-order valence-electron chi connectivity index (χ2n) is 5.19. The molecular formula is C18H19N3O3S. The van der Waals surface area contributed by atoms with Gasteiger partial charge in [0.25, 0.3) is 5.91 Å². The molecule has 3 N–H and O–H groups in total. The van der Waals surface area contributed by atoms with Crippen molar-refractivity contribution in [1.82, 2.24) is 10.6 Å². The van der Waals surface area contributed by atoms with E-state index >= 15 is 0 Å². The normalized spacial score (nSPS) is 9.84. The number of benzene rings is 2. The van der Waals surface area contributed by atoms with Crippen LogP contribution in [0.3, 0.4) is 0 Å². The molecule has 0 aliphatic heterocycles. The first-order chi connectivity index (χ1) is 12.0. The summed E-state index contributed by atoms with van der Waals surface area (Å²) in [7, 11) is 3.15. The summed E-state index contributed by atoms with van der Waals surface area (Å²) in [6.07, 6.45) is 0.199. The van der Waals surface area contributed by atoms with Crippen LogP contribution in [0, 0.1) is 0 Å². The van der Waals surface area contributed by atoms with Crippen LogP contribution >= 0.6 is 12.2 Å². The molecule has 0 atom stereocenters. The molecule has 0 heterocycles. The Labute approximate surface area is 151 Å². The summed E-state index contributed by atoms with van der Waals surface area (Å²) < 4.78 is 5.08. The molecule has 7 heteroatoms. The Bertz CT molecular complexity index is 775. The highest BCUT2D eigenvalue weighted by Gasteiger charge is 2.08. The van der Waals surface area contributed by atoms with E-state index in [0.29, 0.717) is 11.3 Å². The highest BCUT2D eigenvalue weighted by atomic mass is 32.1. The van der Waals surface area contributed by atoms with Gasteiger partial charge in [0.2, 0.25) is 5.91 Å². The number of rotatable bonds is 5. The van der Waals surface area contributed by atoms with Crippen molar-refractivity contribution in [3.63, 3.8) is 0 Å². The Kier molecular flexibility index (Phi) is 6.47. The van der Waals surface area contributed by atoms with Gasteiger partial charge < -0.3 is 20.7 Å². The summed E-state index contributed by atoms with van der Waals surface area (Å²) >= 11 is 5.14. The quantitative estimate of drug-likeness (QED) is 0.714.